The van der Waals surface area contributed by atoms with Crippen LogP contribution >= 0.6 is 103 Å². The Morgan fingerprint density at radius 3 is 1.23 bits per heavy atom. The van der Waals surface area contributed by atoms with Crippen LogP contribution in [0.5, 0.6) is 46.0 Å². The van der Waals surface area contributed by atoms with Gasteiger partial charge in [-0.25, -0.2) is 83.4 Å². The maximum atomic E-state index is 13.4. The smallest absolute Gasteiger partial charge is 0.348 e. The Morgan fingerprint density at radius 2 is 0.802 bits per heavy atom. The van der Waals surface area contributed by atoms with Gasteiger partial charge in [0.1, 0.15) is 93.7 Å². The zero-order valence-electron chi connectivity index (χ0n) is 68.7. The first kappa shape index (κ1) is 88.5. The molecule has 0 spiro atoms. The number of likely N-dealkylation sites (tertiary alicyclic amines) is 1. The van der Waals surface area contributed by atoms with Crippen LogP contribution in [-0.2, 0) is 6.61 Å². The maximum absolute atomic E-state index is 13.4. The Hall–Kier alpha value is -14.6. The van der Waals surface area contributed by atoms with Crippen LogP contribution in [0.4, 0.5) is 99.3 Å². The van der Waals surface area contributed by atoms with E-state index in [-0.39, 0.29) is 43.7 Å². The van der Waals surface area contributed by atoms with Gasteiger partial charge in [0.2, 0.25) is 0 Å². The molecule has 14 heterocycles. The Morgan fingerprint density at radius 1 is 0.397 bits per heavy atom. The van der Waals surface area contributed by atoms with Crippen molar-refractivity contribution in [3.63, 3.8) is 0 Å². The summed E-state index contributed by atoms with van der Waals surface area (Å²) >= 11 is 36.2. The van der Waals surface area contributed by atoms with Gasteiger partial charge in [0.05, 0.1) is 148 Å². The summed E-state index contributed by atoms with van der Waals surface area (Å²) in [7, 11) is 10.6. The molecule has 37 nitrogen and oxygen atoms in total. The van der Waals surface area contributed by atoms with Crippen molar-refractivity contribution in [1.82, 2.24) is 49.8 Å². The van der Waals surface area contributed by atoms with E-state index in [0.717, 1.165) is 52.5 Å². The van der Waals surface area contributed by atoms with Gasteiger partial charge in [-0.05, 0) is 97.8 Å². The highest BCUT2D eigenvalue weighted by Gasteiger charge is 2.41. The summed E-state index contributed by atoms with van der Waals surface area (Å²) in [5, 5.41) is 29.8. The number of hydrogen-bond donors (Lipinski definition) is 7. The first-order valence-electron chi connectivity index (χ1n) is 38.6. The van der Waals surface area contributed by atoms with Crippen molar-refractivity contribution in [2.75, 3.05) is 114 Å². The predicted octanol–water partition coefficient (Wildman–Crippen LogP) is 20.2. The number of anilines is 14. The molecule has 1 fully saturated rings. The van der Waals surface area contributed by atoms with Gasteiger partial charge < -0.3 is 79.8 Å². The molecule has 131 heavy (non-hydrogen) atoms. The van der Waals surface area contributed by atoms with Crippen molar-refractivity contribution >= 4 is 272 Å². The third kappa shape index (κ3) is 16.9. The number of pyridine rings is 1. The Kier molecular flexibility index (Phi) is 25.2. The highest BCUT2D eigenvalue weighted by molar-refractivity contribution is 7.22. The lowest BCUT2D eigenvalue weighted by Gasteiger charge is -2.28. The number of amides is 11. The lowest BCUT2D eigenvalue weighted by Crippen LogP contribution is -2.36. The van der Waals surface area contributed by atoms with E-state index in [1.807, 2.05) is 18.2 Å². The topological polar surface area (TPSA) is 435 Å². The summed E-state index contributed by atoms with van der Waals surface area (Å²) in [4.78, 5) is 152. The molecule has 20 rings (SSSR count). The number of aromatic nitrogens is 9. The number of urea groups is 4. The molecule has 0 bridgehead atoms. The minimum atomic E-state index is -1.14. The molecule has 0 radical (unpaired) electrons. The minimum absolute atomic E-state index is 0.00138. The van der Waals surface area contributed by atoms with Gasteiger partial charge >= 0.3 is 30.1 Å². The molecular weight excluding hydrogens is 1880 g/mol. The van der Waals surface area contributed by atoms with Crippen molar-refractivity contribution in [2.24, 2.45) is 0 Å². The third-order valence-electron chi connectivity index (χ3n) is 20.5. The molecule has 9 aromatic heterocycles. The number of nitrogens with zero attached hydrogens (tertiary/aromatic N) is 14. The number of ether oxygens (including phenoxy) is 8. The van der Waals surface area contributed by atoms with E-state index >= 15 is 0 Å². The molecule has 11 amide bonds. The number of aromatic carboxylic acids is 1. The monoisotopic (exact) mass is 1940 g/mol. The Bertz CT molecular complexity index is 7210. The van der Waals surface area contributed by atoms with Crippen LogP contribution in [0.1, 0.15) is 57.2 Å². The van der Waals surface area contributed by atoms with Crippen LogP contribution in [-0.4, -0.2) is 166 Å². The Balaban J connectivity index is 0.000000124. The summed E-state index contributed by atoms with van der Waals surface area (Å²) in [5.41, 5.74) is 4.63. The zero-order valence-corrected chi connectivity index (χ0v) is 75.8. The standard InChI is InChI=1S/C28H21ClN6O5S.C23H18ClN5O5S.C19H15Cl2N5O3S.C15H9ClN4O4S/c1-38-20-8-6-15(11-21(20)39-2)33-26(36)24-23-22-25(31-14-32-27(22)41-24)35(28(37)34-23)17-7-9-19(18(29)12-17)40-13-16-5-3-4-10-30-16;1-32-12-5-6-13(24)14(9-12)29-20-17-18(28-23(29)31)19(35-22(17)26-10-25-20)21(30)27-11-4-7-15(33-2)16(8-11)34-3;1-29-12-7-11(9(20)6-10(12)21)26-16-13-14(24-19(26)28)15(30-17(13)23-8-22-16)18(27)25-4-2-3-5-25;1-24-6-2-3-7(16)8(4-6)20-12-9-10(19-15(20)23)11(14(21)22)25-13(9)18-5-17-12/h3-12,14H,13H2,1-2H3,(H,33,36)(H,34,37);4-10H,1-3H3,(H,27,30)(H,28,31);6-8H,2-5H2,1H3,(H,24,28);2-5H,1H3,(H,19,23)(H,21,22). The summed E-state index contributed by atoms with van der Waals surface area (Å²) in [6.45, 7) is 1.67. The summed E-state index contributed by atoms with van der Waals surface area (Å²) in [6, 6.07) is 31.4. The van der Waals surface area contributed by atoms with E-state index in [1.165, 1.54) is 112 Å². The second-order valence-electron chi connectivity index (χ2n) is 27.9. The van der Waals surface area contributed by atoms with Crippen molar-refractivity contribution in [3.05, 3.63) is 203 Å². The van der Waals surface area contributed by atoms with Gasteiger partial charge in [-0.3, -0.25) is 19.4 Å². The van der Waals surface area contributed by atoms with Crippen molar-refractivity contribution < 1.29 is 81.4 Å². The van der Waals surface area contributed by atoms with Crippen LogP contribution in [0.2, 0.25) is 25.1 Å². The number of carbonyl (C=O) groups excluding carboxylic acids is 7. The van der Waals surface area contributed by atoms with Crippen molar-refractivity contribution in [2.45, 2.75) is 19.4 Å². The Labute approximate surface area is 780 Å². The highest BCUT2D eigenvalue weighted by Crippen LogP contribution is 2.53. The number of methoxy groups -OCH3 is 7. The maximum Gasteiger partial charge on any atom is 0.348 e. The molecule has 0 aliphatic carbocycles. The zero-order chi connectivity index (χ0) is 91.9. The summed E-state index contributed by atoms with van der Waals surface area (Å²) in [5.74, 6) is 3.01. The van der Waals surface area contributed by atoms with E-state index in [2.05, 4.69) is 76.8 Å². The van der Waals surface area contributed by atoms with Gasteiger partial charge in [0, 0.05) is 61.0 Å². The van der Waals surface area contributed by atoms with Crippen molar-refractivity contribution in [1.29, 1.82) is 0 Å². The molecule has 0 unspecified atom stereocenters. The highest BCUT2D eigenvalue weighted by atomic mass is 35.5. The van der Waals surface area contributed by atoms with Crippen LogP contribution in [0, 0.1) is 0 Å². The predicted molar refractivity (Wildman–Crippen MR) is 500 cm³/mol. The number of halogens is 5. The van der Waals surface area contributed by atoms with Crippen LogP contribution in [0.3, 0.4) is 0 Å². The minimum Gasteiger partial charge on any atom is -0.497 e. The molecule has 7 N–H and O–H groups in total. The molecule has 46 heteroatoms. The molecule has 6 aromatic carbocycles. The number of carboxylic acid groups (broad SMARTS) is 1. The SMILES string of the molecule is COc1cc(N2C(=O)Nc3c(C(=O)N4CCCC4)sc4ncnc2c34)c(Cl)cc1Cl.COc1ccc(Cl)c(N2C(=O)Nc3c(C(=O)Nc4ccc(OC)c(OC)c4)sc4ncnc2c34)c1.COc1ccc(Cl)c(N2C(=O)Nc3c(C(=O)O)sc4ncnc2c34)c1.COc1ccc(NC(=O)c2sc3ncnc4c3c2NC(=O)N4c2ccc(OCc3ccccn3)c(Cl)c2)cc1OC. The first-order valence-corrected chi connectivity index (χ1v) is 43.7. The number of rotatable bonds is 20. The van der Waals surface area contributed by atoms with Gasteiger partial charge in [-0.2, -0.15) is 0 Å². The lowest BCUT2D eigenvalue weighted by molar-refractivity contribution is 0.0701. The summed E-state index contributed by atoms with van der Waals surface area (Å²) in [6.07, 6.45) is 8.99. The largest absolute Gasteiger partial charge is 0.497 e. The van der Waals surface area contributed by atoms with E-state index in [1.54, 1.807) is 108 Å². The van der Waals surface area contributed by atoms with Gasteiger partial charge in [0.15, 0.2) is 46.3 Å². The lowest BCUT2D eigenvalue weighted by atomic mass is 10.2. The fraction of sp³-hybridized carbons (Fsp3) is 0.141. The molecule has 15 aromatic rings. The second kappa shape index (κ2) is 37.3. The van der Waals surface area contributed by atoms with Crippen LogP contribution < -0.4 is 89.4 Å². The number of carboxylic acids is 1. The third-order valence-corrected chi connectivity index (χ3v) is 26.4. The average Bonchev–Trinajstić information content (AvgIpc) is 1.74. The fourth-order valence-corrected chi connectivity index (χ4v) is 19.6. The van der Waals surface area contributed by atoms with Gasteiger partial charge in [0.25, 0.3) is 17.7 Å². The van der Waals surface area contributed by atoms with Crippen molar-refractivity contribution in [3.8, 4) is 46.0 Å². The number of thiophene rings is 4. The average molecular weight is 1940 g/mol. The first-order chi connectivity index (χ1) is 63.4. The van der Waals surface area contributed by atoms with E-state index < -0.39 is 41.9 Å². The molecule has 1 saturated heterocycles. The molecular formula is C85H63Cl5N20O17S4. The normalized spacial score (nSPS) is 13.2. The second-order valence-corrected chi connectivity index (χ2v) is 34.0. The number of carbonyl (C=O) groups is 8. The van der Waals surface area contributed by atoms with E-state index in [4.69, 9.17) is 95.9 Å². The van der Waals surface area contributed by atoms with Crippen LogP contribution in [0.25, 0.3) is 40.9 Å². The number of hydrogen-bond acceptors (Lipinski definition) is 29. The summed E-state index contributed by atoms with van der Waals surface area (Å²) < 4.78 is 42.7. The number of nitrogens with one attached hydrogen (secondary N) is 6. The fourth-order valence-electron chi connectivity index (χ4n) is 14.5. The molecule has 664 valence electrons. The molecule has 5 aliphatic rings. The van der Waals surface area contributed by atoms with Crippen LogP contribution in [0.15, 0.2) is 153 Å². The van der Waals surface area contributed by atoms with E-state index in [9.17, 15) is 43.5 Å². The molecule has 5 aliphatic heterocycles. The van der Waals surface area contributed by atoms with E-state index in [0.29, 0.717) is 194 Å². The number of benzene rings is 6. The quantitative estimate of drug-likeness (QED) is 0.0372. The molecule has 0 atom stereocenters. The van der Waals surface area contributed by atoms with Gasteiger partial charge in [-0.15, -0.1) is 45.3 Å². The molecule has 0 saturated carbocycles. The van der Waals surface area contributed by atoms with Gasteiger partial charge in [-0.1, -0.05) is 64.1 Å².